The minimum absolute atomic E-state index is 0. The third-order valence-electron chi connectivity index (χ3n) is 5.30. The smallest absolute Gasteiger partial charge is 0.225 e. The lowest BCUT2D eigenvalue weighted by Gasteiger charge is -2.38. The van der Waals surface area contributed by atoms with E-state index < -0.39 is 0 Å². The molecule has 2 heterocycles. The Morgan fingerprint density at radius 2 is 1.92 bits per heavy atom. The number of nitrogens with zero attached hydrogens (tertiary/aromatic N) is 1. The Balaban J connectivity index is 0.00000208. The lowest BCUT2D eigenvalue weighted by Crippen LogP contribution is -2.52. The third kappa shape index (κ3) is 4.22. The van der Waals surface area contributed by atoms with Crippen LogP contribution in [0.15, 0.2) is 18.2 Å². The van der Waals surface area contributed by atoms with Crippen molar-refractivity contribution in [1.29, 1.82) is 0 Å². The van der Waals surface area contributed by atoms with Crippen LogP contribution in [-0.4, -0.2) is 43.1 Å². The van der Waals surface area contributed by atoms with Crippen LogP contribution in [0.5, 0.6) is 5.75 Å². The number of aryl methyl sites for hydroxylation is 2. The second kappa shape index (κ2) is 8.21. The number of halogens is 1. The van der Waals surface area contributed by atoms with Crippen LogP contribution in [0.3, 0.4) is 0 Å². The molecule has 1 N–H and O–H groups in total. The maximum Gasteiger partial charge on any atom is 0.225 e. The molecule has 24 heavy (non-hydrogen) atoms. The zero-order valence-corrected chi connectivity index (χ0v) is 15.7. The van der Waals surface area contributed by atoms with Crippen LogP contribution in [0.4, 0.5) is 0 Å². The molecule has 1 amide bonds. The molecule has 1 unspecified atom stereocenters. The minimum Gasteiger partial charge on any atom is -0.490 e. The zero-order chi connectivity index (χ0) is 16.4. The molecule has 1 aromatic rings. The maximum absolute atomic E-state index is 12.6. The lowest BCUT2D eigenvalue weighted by molar-refractivity contribution is -0.139. The van der Waals surface area contributed by atoms with Crippen molar-refractivity contribution in [3.05, 3.63) is 29.3 Å². The Kier molecular flexibility index (Phi) is 6.53. The fourth-order valence-corrected chi connectivity index (χ4v) is 3.36. The molecule has 2 saturated heterocycles. The van der Waals surface area contributed by atoms with Crippen molar-refractivity contribution in [2.24, 2.45) is 11.8 Å². The van der Waals surface area contributed by atoms with Gasteiger partial charge in [-0.05, 0) is 50.0 Å². The second-order valence-electron chi connectivity index (χ2n) is 7.12. The van der Waals surface area contributed by atoms with E-state index in [0.29, 0.717) is 11.8 Å². The predicted molar refractivity (Wildman–Crippen MR) is 98.9 cm³/mol. The van der Waals surface area contributed by atoms with Gasteiger partial charge in [0.25, 0.3) is 0 Å². The van der Waals surface area contributed by atoms with Gasteiger partial charge in [-0.15, -0.1) is 12.4 Å². The minimum atomic E-state index is 0. The van der Waals surface area contributed by atoms with E-state index in [-0.39, 0.29) is 24.4 Å². The summed E-state index contributed by atoms with van der Waals surface area (Å²) < 4.78 is 6.19. The van der Waals surface area contributed by atoms with Crippen molar-refractivity contribution in [1.82, 2.24) is 10.2 Å². The summed E-state index contributed by atoms with van der Waals surface area (Å²) in [6.07, 6.45) is 2.07. The first kappa shape index (κ1) is 19.1. The number of nitrogens with one attached hydrogen (secondary N) is 1. The number of carbonyl (C=O) groups is 1. The van der Waals surface area contributed by atoms with Crippen LogP contribution in [0.2, 0.25) is 0 Å². The Bertz CT molecular complexity index is 566. The maximum atomic E-state index is 12.6. The summed E-state index contributed by atoms with van der Waals surface area (Å²) in [5.41, 5.74) is 2.40. The van der Waals surface area contributed by atoms with Crippen molar-refractivity contribution in [2.75, 3.05) is 26.2 Å². The van der Waals surface area contributed by atoms with Gasteiger partial charge in [-0.2, -0.15) is 0 Å². The molecule has 5 heteroatoms. The summed E-state index contributed by atoms with van der Waals surface area (Å²) in [7, 11) is 0. The standard InChI is InChI=1S/C19H28N2O2.ClH/c1-13-4-5-14(2)18(10-13)23-17-6-8-21(9-7-17)19(22)15(3)16-11-20-12-16;/h4-5,10,15-17,20H,6-9,11-12H2,1-3H3;1H. The molecule has 4 nitrogen and oxygen atoms in total. The summed E-state index contributed by atoms with van der Waals surface area (Å²) >= 11 is 0. The van der Waals surface area contributed by atoms with Crippen molar-refractivity contribution in [3.8, 4) is 5.75 Å². The zero-order valence-electron chi connectivity index (χ0n) is 14.9. The highest BCUT2D eigenvalue weighted by Crippen LogP contribution is 2.25. The average Bonchev–Trinajstić information content (AvgIpc) is 2.49. The third-order valence-corrected chi connectivity index (χ3v) is 5.30. The fraction of sp³-hybridized carbons (Fsp3) is 0.632. The number of hydrogen-bond donors (Lipinski definition) is 1. The molecule has 0 bridgehead atoms. The molecular weight excluding hydrogens is 324 g/mol. The van der Waals surface area contributed by atoms with Crippen molar-refractivity contribution >= 4 is 18.3 Å². The summed E-state index contributed by atoms with van der Waals surface area (Å²) in [5.74, 6) is 1.98. The molecule has 134 valence electrons. The van der Waals surface area contributed by atoms with E-state index in [1.54, 1.807) is 0 Å². The van der Waals surface area contributed by atoms with Crippen molar-refractivity contribution < 1.29 is 9.53 Å². The van der Waals surface area contributed by atoms with E-state index in [1.165, 1.54) is 11.1 Å². The largest absolute Gasteiger partial charge is 0.490 e. The molecule has 3 rings (SSSR count). The first-order valence-corrected chi connectivity index (χ1v) is 8.78. The van der Waals surface area contributed by atoms with Gasteiger partial charge in [0.1, 0.15) is 11.9 Å². The van der Waals surface area contributed by atoms with Crippen LogP contribution in [-0.2, 0) is 4.79 Å². The molecule has 0 aromatic heterocycles. The van der Waals surface area contributed by atoms with E-state index in [9.17, 15) is 4.79 Å². The number of rotatable bonds is 4. The van der Waals surface area contributed by atoms with Crippen LogP contribution in [0, 0.1) is 25.7 Å². The number of amides is 1. The van der Waals surface area contributed by atoms with Gasteiger partial charge in [0.05, 0.1) is 0 Å². The van der Waals surface area contributed by atoms with Crippen molar-refractivity contribution in [2.45, 2.75) is 39.7 Å². The van der Waals surface area contributed by atoms with E-state index in [4.69, 9.17) is 4.74 Å². The molecule has 2 aliphatic heterocycles. The van der Waals surface area contributed by atoms with Gasteiger partial charge in [0.15, 0.2) is 0 Å². The quantitative estimate of drug-likeness (QED) is 0.905. The van der Waals surface area contributed by atoms with Gasteiger partial charge in [-0.25, -0.2) is 0 Å². The highest BCUT2D eigenvalue weighted by atomic mass is 35.5. The number of ether oxygens (including phenoxy) is 1. The summed E-state index contributed by atoms with van der Waals surface area (Å²) in [5, 5.41) is 3.25. The van der Waals surface area contributed by atoms with Gasteiger partial charge >= 0.3 is 0 Å². The van der Waals surface area contributed by atoms with E-state index in [0.717, 1.165) is 44.8 Å². The van der Waals surface area contributed by atoms with E-state index in [1.807, 2.05) is 4.90 Å². The molecule has 1 aromatic carbocycles. The monoisotopic (exact) mass is 352 g/mol. The topological polar surface area (TPSA) is 41.6 Å². The first-order valence-electron chi connectivity index (χ1n) is 8.78. The van der Waals surface area contributed by atoms with Crippen LogP contribution >= 0.6 is 12.4 Å². The Labute approximate surface area is 151 Å². The molecule has 0 spiro atoms. The molecule has 1 atom stereocenters. The summed E-state index contributed by atoms with van der Waals surface area (Å²) in [6, 6.07) is 6.33. The van der Waals surface area contributed by atoms with Crippen LogP contribution < -0.4 is 10.1 Å². The molecule has 0 radical (unpaired) electrons. The highest BCUT2D eigenvalue weighted by molar-refractivity contribution is 5.85. The van der Waals surface area contributed by atoms with Gasteiger partial charge in [0, 0.05) is 31.8 Å². The molecule has 0 saturated carbocycles. The van der Waals surface area contributed by atoms with Gasteiger partial charge in [-0.1, -0.05) is 19.1 Å². The average molecular weight is 353 g/mol. The number of piperidine rings is 1. The van der Waals surface area contributed by atoms with E-state index in [2.05, 4.69) is 44.3 Å². The molecule has 2 fully saturated rings. The number of carbonyl (C=O) groups excluding carboxylic acids is 1. The Morgan fingerprint density at radius 1 is 1.25 bits per heavy atom. The van der Waals surface area contributed by atoms with E-state index >= 15 is 0 Å². The Morgan fingerprint density at radius 3 is 2.50 bits per heavy atom. The molecule has 0 aliphatic carbocycles. The van der Waals surface area contributed by atoms with Crippen LogP contribution in [0.25, 0.3) is 0 Å². The van der Waals surface area contributed by atoms with Crippen molar-refractivity contribution in [3.63, 3.8) is 0 Å². The summed E-state index contributed by atoms with van der Waals surface area (Å²) in [4.78, 5) is 14.6. The Hall–Kier alpha value is -1.26. The van der Waals surface area contributed by atoms with Gasteiger partial charge in [-0.3, -0.25) is 4.79 Å². The predicted octanol–water partition coefficient (Wildman–Crippen LogP) is 2.95. The SMILES string of the molecule is Cc1ccc(C)c(OC2CCN(C(=O)C(C)C3CNC3)CC2)c1.Cl. The number of likely N-dealkylation sites (tertiary alicyclic amines) is 1. The molecular formula is C19H29ClN2O2. The number of benzene rings is 1. The normalized spacial score (nSPS) is 20.0. The fourth-order valence-electron chi connectivity index (χ4n) is 3.36. The van der Waals surface area contributed by atoms with Gasteiger partial charge < -0.3 is 15.0 Å². The lowest BCUT2D eigenvalue weighted by atomic mass is 9.87. The highest BCUT2D eigenvalue weighted by Gasteiger charge is 2.33. The summed E-state index contributed by atoms with van der Waals surface area (Å²) in [6.45, 7) is 9.86. The second-order valence-corrected chi connectivity index (χ2v) is 7.12. The first-order chi connectivity index (χ1) is 11.0. The van der Waals surface area contributed by atoms with Gasteiger partial charge in [0.2, 0.25) is 5.91 Å². The van der Waals surface area contributed by atoms with Crippen LogP contribution in [0.1, 0.15) is 30.9 Å². The molecule has 2 aliphatic rings. The number of hydrogen-bond acceptors (Lipinski definition) is 3.